The van der Waals surface area contributed by atoms with Crippen LogP contribution in [0.25, 0.3) is 0 Å². The molecule has 0 radical (unpaired) electrons. The van der Waals surface area contributed by atoms with Crippen molar-refractivity contribution in [2.45, 2.75) is 6.92 Å². The summed E-state index contributed by atoms with van der Waals surface area (Å²) < 4.78 is 5.54. The number of hydrogen-bond donors (Lipinski definition) is 0. The second-order valence-corrected chi connectivity index (χ2v) is 4.55. The molecule has 0 fully saturated rings. The molecule has 0 bridgehead atoms. The van der Waals surface area contributed by atoms with E-state index in [4.69, 9.17) is 16.3 Å². The predicted octanol–water partition coefficient (Wildman–Crippen LogP) is 4.16. The fraction of sp³-hybridized carbons (Fsp3) is 0.0714. The van der Waals surface area contributed by atoms with Gasteiger partial charge in [-0.3, -0.25) is 14.9 Å². The highest BCUT2D eigenvalue weighted by molar-refractivity contribution is 6.30. The standard InChI is InChI=1S/C14H10ClNO4/c1-9-2-3-10(8-17)6-13(9)20-14-7-11(15)4-5-12(14)16(18)19/h2-8H,1H3. The first-order chi connectivity index (χ1) is 9.51. The first-order valence-electron chi connectivity index (χ1n) is 5.69. The molecule has 0 atom stereocenters. The second kappa shape index (κ2) is 5.71. The number of rotatable bonds is 4. The van der Waals surface area contributed by atoms with Crippen LogP contribution in [0.1, 0.15) is 15.9 Å². The number of carbonyl (C=O) groups is 1. The van der Waals surface area contributed by atoms with Gasteiger partial charge >= 0.3 is 5.69 Å². The van der Waals surface area contributed by atoms with Crippen molar-refractivity contribution in [2.75, 3.05) is 0 Å². The molecule has 0 unspecified atom stereocenters. The molecule has 2 aromatic carbocycles. The summed E-state index contributed by atoms with van der Waals surface area (Å²) in [5.41, 5.74) is 0.991. The molecule has 0 aliphatic rings. The number of carbonyl (C=O) groups excluding carboxylic acids is 1. The molecule has 6 heteroatoms. The summed E-state index contributed by atoms with van der Waals surface area (Å²) in [5, 5.41) is 11.3. The van der Waals surface area contributed by atoms with E-state index in [-0.39, 0.29) is 11.4 Å². The molecule has 2 aromatic rings. The average molecular weight is 292 g/mol. The third kappa shape index (κ3) is 2.95. The maximum absolute atomic E-state index is 11.0. The van der Waals surface area contributed by atoms with Gasteiger partial charge in [0, 0.05) is 22.7 Å². The van der Waals surface area contributed by atoms with Gasteiger partial charge < -0.3 is 4.74 Å². The summed E-state index contributed by atoms with van der Waals surface area (Å²) >= 11 is 5.83. The fourth-order valence-electron chi connectivity index (χ4n) is 1.64. The van der Waals surface area contributed by atoms with E-state index >= 15 is 0 Å². The number of ether oxygens (including phenoxy) is 1. The molecule has 0 spiro atoms. The Kier molecular flexibility index (Phi) is 4.00. The van der Waals surface area contributed by atoms with E-state index < -0.39 is 4.92 Å². The normalized spacial score (nSPS) is 10.1. The number of nitro benzene ring substituents is 1. The van der Waals surface area contributed by atoms with Crippen LogP contribution in [0.2, 0.25) is 5.02 Å². The highest BCUT2D eigenvalue weighted by Crippen LogP contribution is 2.35. The minimum absolute atomic E-state index is 0.0358. The van der Waals surface area contributed by atoms with E-state index in [0.717, 1.165) is 5.56 Å². The smallest absolute Gasteiger partial charge is 0.311 e. The van der Waals surface area contributed by atoms with Crippen LogP contribution in [0.15, 0.2) is 36.4 Å². The maximum Gasteiger partial charge on any atom is 0.311 e. The number of nitrogens with zero attached hydrogens (tertiary/aromatic N) is 1. The summed E-state index contributed by atoms with van der Waals surface area (Å²) in [6, 6.07) is 8.93. The third-order valence-corrected chi connectivity index (χ3v) is 2.92. The van der Waals surface area contributed by atoms with E-state index in [9.17, 15) is 14.9 Å². The van der Waals surface area contributed by atoms with Crippen molar-refractivity contribution < 1.29 is 14.5 Å². The Morgan fingerprint density at radius 3 is 2.60 bits per heavy atom. The first kappa shape index (κ1) is 14.0. The molecule has 20 heavy (non-hydrogen) atoms. The van der Waals surface area contributed by atoms with Crippen LogP contribution in [0.5, 0.6) is 11.5 Å². The lowest BCUT2D eigenvalue weighted by molar-refractivity contribution is -0.385. The largest absolute Gasteiger partial charge is 0.450 e. The summed E-state index contributed by atoms with van der Waals surface area (Å²) in [6.45, 7) is 1.78. The van der Waals surface area contributed by atoms with Gasteiger partial charge in [0.25, 0.3) is 0 Å². The van der Waals surface area contributed by atoms with E-state index in [0.29, 0.717) is 22.6 Å². The molecule has 5 nitrogen and oxygen atoms in total. The zero-order valence-electron chi connectivity index (χ0n) is 10.5. The SMILES string of the molecule is Cc1ccc(C=O)cc1Oc1cc(Cl)ccc1[N+](=O)[O-]. The molecule has 0 heterocycles. The summed E-state index contributed by atoms with van der Waals surface area (Å²) in [4.78, 5) is 21.2. The molecule has 0 N–H and O–H groups in total. The Balaban J connectivity index is 2.46. The number of aryl methyl sites for hydroxylation is 1. The molecule has 0 amide bonds. The van der Waals surface area contributed by atoms with Crippen molar-refractivity contribution in [3.8, 4) is 11.5 Å². The number of benzene rings is 2. The van der Waals surface area contributed by atoms with Crippen molar-refractivity contribution in [1.82, 2.24) is 0 Å². The van der Waals surface area contributed by atoms with Crippen molar-refractivity contribution in [2.24, 2.45) is 0 Å². The van der Waals surface area contributed by atoms with Crippen LogP contribution in [-0.4, -0.2) is 11.2 Å². The molecule has 0 aliphatic heterocycles. The Morgan fingerprint density at radius 1 is 1.20 bits per heavy atom. The van der Waals surface area contributed by atoms with Gasteiger partial charge in [-0.05, 0) is 24.6 Å². The molecule has 0 saturated heterocycles. The molecule has 102 valence electrons. The van der Waals surface area contributed by atoms with Gasteiger partial charge in [0.05, 0.1) is 4.92 Å². The quantitative estimate of drug-likeness (QED) is 0.482. The van der Waals surface area contributed by atoms with Crippen LogP contribution in [0.4, 0.5) is 5.69 Å². The predicted molar refractivity (Wildman–Crippen MR) is 74.7 cm³/mol. The van der Waals surface area contributed by atoms with E-state index in [1.807, 2.05) is 0 Å². The van der Waals surface area contributed by atoms with Crippen molar-refractivity contribution >= 4 is 23.6 Å². The summed E-state index contributed by atoms with van der Waals surface area (Å²) in [6.07, 6.45) is 0.679. The van der Waals surface area contributed by atoms with E-state index in [1.165, 1.54) is 24.3 Å². The van der Waals surface area contributed by atoms with E-state index in [2.05, 4.69) is 0 Å². The third-order valence-electron chi connectivity index (χ3n) is 2.69. The molecule has 0 saturated carbocycles. The zero-order chi connectivity index (χ0) is 14.7. The van der Waals surface area contributed by atoms with Crippen LogP contribution in [0, 0.1) is 17.0 Å². The molecule has 0 aliphatic carbocycles. The Morgan fingerprint density at radius 2 is 1.95 bits per heavy atom. The van der Waals surface area contributed by atoms with Crippen LogP contribution >= 0.6 is 11.6 Å². The van der Waals surface area contributed by atoms with Gasteiger partial charge in [0.2, 0.25) is 5.75 Å². The second-order valence-electron chi connectivity index (χ2n) is 4.11. The lowest BCUT2D eigenvalue weighted by atomic mass is 10.1. The van der Waals surface area contributed by atoms with Crippen molar-refractivity contribution in [3.63, 3.8) is 0 Å². The number of nitro groups is 1. The van der Waals surface area contributed by atoms with Gasteiger partial charge in [0.1, 0.15) is 12.0 Å². The molecular weight excluding hydrogens is 282 g/mol. The highest BCUT2D eigenvalue weighted by Gasteiger charge is 2.17. The summed E-state index contributed by atoms with van der Waals surface area (Å²) in [5.74, 6) is 0.411. The van der Waals surface area contributed by atoms with Gasteiger partial charge in [-0.25, -0.2) is 0 Å². The lowest BCUT2D eigenvalue weighted by Crippen LogP contribution is -1.95. The number of halogens is 1. The molecule has 2 rings (SSSR count). The Bertz CT molecular complexity index is 685. The first-order valence-corrected chi connectivity index (χ1v) is 6.06. The summed E-state index contributed by atoms with van der Waals surface area (Å²) in [7, 11) is 0. The number of hydrogen-bond acceptors (Lipinski definition) is 4. The minimum Gasteiger partial charge on any atom is -0.450 e. The van der Waals surface area contributed by atoms with Gasteiger partial charge in [-0.2, -0.15) is 0 Å². The highest BCUT2D eigenvalue weighted by atomic mass is 35.5. The minimum atomic E-state index is -0.551. The van der Waals surface area contributed by atoms with Crippen molar-refractivity contribution in [3.05, 3.63) is 62.7 Å². The Labute approximate surface area is 119 Å². The number of aldehydes is 1. The maximum atomic E-state index is 11.0. The van der Waals surface area contributed by atoms with Crippen LogP contribution in [-0.2, 0) is 0 Å². The lowest BCUT2D eigenvalue weighted by Gasteiger charge is -2.09. The van der Waals surface area contributed by atoms with Crippen LogP contribution in [0.3, 0.4) is 0 Å². The van der Waals surface area contributed by atoms with Crippen molar-refractivity contribution in [1.29, 1.82) is 0 Å². The van der Waals surface area contributed by atoms with E-state index in [1.54, 1.807) is 19.1 Å². The van der Waals surface area contributed by atoms with Gasteiger partial charge in [0.15, 0.2) is 0 Å². The Hall–Kier alpha value is -2.40. The average Bonchev–Trinajstić information content (AvgIpc) is 2.41. The van der Waals surface area contributed by atoms with Gasteiger partial charge in [-0.1, -0.05) is 23.7 Å². The topological polar surface area (TPSA) is 69.4 Å². The van der Waals surface area contributed by atoms with Gasteiger partial charge in [-0.15, -0.1) is 0 Å². The van der Waals surface area contributed by atoms with Crippen LogP contribution < -0.4 is 4.74 Å². The zero-order valence-corrected chi connectivity index (χ0v) is 11.3. The molecule has 0 aromatic heterocycles. The molecular formula is C14H10ClNO4. The fourth-order valence-corrected chi connectivity index (χ4v) is 1.80. The monoisotopic (exact) mass is 291 g/mol.